The number of halogens is 6. The summed E-state index contributed by atoms with van der Waals surface area (Å²) in [7, 11) is -6.50. The number of carboxylic acids is 1. The highest BCUT2D eigenvalue weighted by Crippen LogP contribution is 2.43. The van der Waals surface area contributed by atoms with Gasteiger partial charge in [-0.1, -0.05) is 53.5 Å². The smallest absolute Gasteiger partial charge is 0.416 e. The number of aromatic nitrogens is 1. The van der Waals surface area contributed by atoms with Crippen molar-refractivity contribution >= 4 is 105 Å². The Morgan fingerprint density at radius 2 is 1.65 bits per heavy atom. The molecule has 1 aliphatic heterocycles. The van der Waals surface area contributed by atoms with Gasteiger partial charge in [0.2, 0.25) is 5.91 Å². The van der Waals surface area contributed by atoms with Crippen molar-refractivity contribution in [1.29, 1.82) is 0 Å². The molecule has 1 aromatic heterocycles. The Bertz CT molecular complexity index is 3110. The number of carbonyl (C=O) groups excluding carboxylic acids is 5. The van der Waals surface area contributed by atoms with Crippen LogP contribution in [0, 0.1) is 6.92 Å². The number of ether oxygens (including phenoxy) is 2. The fourth-order valence-electron chi connectivity index (χ4n) is 8.18. The van der Waals surface area contributed by atoms with E-state index >= 15 is 0 Å². The van der Waals surface area contributed by atoms with Crippen LogP contribution in [0.3, 0.4) is 0 Å². The number of anilines is 2. The molecule has 3 amide bonds. The van der Waals surface area contributed by atoms with E-state index in [1.54, 1.807) is 37.1 Å². The van der Waals surface area contributed by atoms with E-state index in [9.17, 15) is 54.9 Å². The van der Waals surface area contributed by atoms with Gasteiger partial charge >= 0.3 is 25.7 Å². The fourth-order valence-corrected chi connectivity index (χ4v) is 9.95. The van der Waals surface area contributed by atoms with E-state index in [2.05, 4.69) is 23.5 Å². The van der Waals surface area contributed by atoms with Gasteiger partial charge in [-0.15, -0.1) is 11.6 Å². The van der Waals surface area contributed by atoms with Gasteiger partial charge in [-0.25, -0.2) is 18.1 Å². The van der Waals surface area contributed by atoms with Crippen molar-refractivity contribution < 1.29 is 83.8 Å². The van der Waals surface area contributed by atoms with Crippen LogP contribution in [0.5, 0.6) is 0 Å². The molecule has 3 aliphatic rings. The first-order chi connectivity index (χ1) is 37.0. The summed E-state index contributed by atoms with van der Waals surface area (Å²) < 4.78 is 87.4. The number of sulfone groups is 1. The molecule has 0 saturated heterocycles. The van der Waals surface area contributed by atoms with Crippen LogP contribution in [0.15, 0.2) is 86.4 Å². The third-order valence-electron chi connectivity index (χ3n) is 11.9. The fraction of sp³-hybridized carbons (Fsp3) is 0.404. The van der Waals surface area contributed by atoms with Crippen molar-refractivity contribution in [2.75, 3.05) is 55.1 Å². The average Bonchev–Trinajstić information content (AvgIpc) is 4.05. The summed E-state index contributed by atoms with van der Waals surface area (Å²) in [6, 6.07) is 12.8. The number of nitrogens with one attached hydrogen (secondary N) is 1. The highest BCUT2D eigenvalue weighted by atomic mass is 35.5. The molecule has 79 heavy (non-hydrogen) atoms. The molecule has 4 aromatic rings. The van der Waals surface area contributed by atoms with Crippen LogP contribution in [-0.4, -0.2) is 115 Å². The number of rotatable bonds is 18. The Morgan fingerprint density at radius 3 is 2.16 bits per heavy atom. The summed E-state index contributed by atoms with van der Waals surface area (Å²) in [5.74, 6) is -2.80. The third kappa shape index (κ3) is 18.4. The zero-order valence-corrected chi connectivity index (χ0v) is 47.7. The van der Waals surface area contributed by atoms with Crippen molar-refractivity contribution in [3.63, 3.8) is 0 Å². The summed E-state index contributed by atoms with van der Waals surface area (Å²) in [4.78, 5) is 90.3. The largest absolute Gasteiger partial charge is 0.480 e. The van der Waals surface area contributed by atoms with Gasteiger partial charge in [0.05, 0.1) is 65.7 Å². The number of aliphatic carboxylic acids is 1. The first-order valence-corrected chi connectivity index (χ1v) is 29.3. The molecule has 27 heteroatoms. The van der Waals surface area contributed by atoms with E-state index in [1.165, 1.54) is 17.2 Å². The van der Waals surface area contributed by atoms with Crippen LogP contribution in [0.25, 0.3) is 6.08 Å². The summed E-state index contributed by atoms with van der Waals surface area (Å²) in [6.07, 6.45) is 3.59. The first-order valence-electron chi connectivity index (χ1n) is 24.3. The molecule has 7 rings (SSSR count). The standard InChI is InChI=1S/C19H17Cl2NO4.C15H22ClNO2.C15H12F3NO4S.C3H8NO5P/c1-2-26-19(25)16(21)10-11-9-12(7-8-15(11)20)22-17(23)13-5-3-4-6-14(13)18(22)24;1-5-13-8-6-7-11(2)15(13)17(14(18)9-16)12(3)10-19-4;1-24(21,22)12-6-9(15(16,17)18)4-5-10(12)13(20)11-7-19-23-14(11)8-2-3-8;5-3(6)1-4-2-10(7,8)9/h7-10H,2-6H2,1H3;6-8,12H,5,9-10H2,1-4H3;4-8H,2-3H2,1H3;4H,1-2H2,(H,5,6)(H2,7,8,9)/b16-10-;;;. The van der Waals surface area contributed by atoms with Crippen molar-refractivity contribution in [1.82, 2.24) is 10.5 Å². The number of methoxy groups -OCH3 is 1. The predicted octanol–water partition coefficient (Wildman–Crippen LogP) is 9.39. The van der Waals surface area contributed by atoms with Crippen LogP contribution < -0.4 is 15.1 Å². The lowest BCUT2D eigenvalue weighted by atomic mass is 9.93. The molecule has 1 saturated carbocycles. The maximum Gasteiger partial charge on any atom is 0.416 e. The molecular formula is C52H59Cl3F3N4O15PS. The number of benzene rings is 3. The number of aryl methyl sites for hydroxylation is 2. The summed E-state index contributed by atoms with van der Waals surface area (Å²) in [5.41, 5.74) is 3.88. The molecule has 1 atom stereocenters. The second kappa shape index (κ2) is 29.1. The van der Waals surface area contributed by atoms with Crippen LogP contribution >= 0.6 is 42.4 Å². The Hall–Kier alpha value is -5.75. The molecule has 1 fully saturated rings. The number of esters is 1. The van der Waals surface area contributed by atoms with Crippen molar-refractivity contribution in [3.8, 4) is 0 Å². The Kier molecular flexibility index (Phi) is 24.2. The lowest BCUT2D eigenvalue weighted by Crippen LogP contribution is -2.43. The second-order valence-electron chi connectivity index (χ2n) is 18.0. The molecule has 0 spiro atoms. The molecule has 430 valence electrons. The van der Waals surface area contributed by atoms with Crippen molar-refractivity contribution in [2.24, 2.45) is 0 Å². The van der Waals surface area contributed by atoms with E-state index in [0.29, 0.717) is 64.8 Å². The Morgan fingerprint density at radius 1 is 1.01 bits per heavy atom. The average molecular weight is 1210 g/mol. The minimum absolute atomic E-state index is 0.0223. The number of hydrogen-bond donors (Lipinski definition) is 4. The van der Waals surface area contributed by atoms with Crippen LogP contribution in [0.4, 0.5) is 24.5 Å². The number of alkyl halides is 4. The highest BCUT2D eigenvalue weighted by Gasteiger charge is 2.40. The number of nitrogens with zero attached hydrogens (tertiary/aromatic N) is 3. The summed E-state index contributed by atoms with van der Waals surface area (Å²) in [6.45, 7) is 8.00. The summed E-state index contributed by atoms with van der Waals surface area (Å²) in [5, 5.41) is 13.8. The molecule has 0 bridgehead atoms. The quantitative estimate of drug-likeness (QED) is 0.0180. The van der Waals surface area contributed by atoms with Crippen LogP contribution in [-0.2, 0) is 60.4 Å². The number of para-hydroxylation sites is 1. The molecule has 3 aromatic carbocycles. The maximum atomic E-state index is 12.8. The predicted molar refractivity (Wildman–Crippen MR) is 289 cm³/mol. The normalized spacial score (nSPS) is 14.9. The van der Waals surface area contributed by atoms with Crippen LogP contribution in [0.1, 0.15) is 109 Å². The molecule has 4 N–H and O–H groups in total. The van der Waals surface area contributed by atoms with Gasteiger partial charge in [0, 0.05) is 41.0 Å². The molecule has 1 unspecified atom stereocenters. The number of hydrogen-bond acceptors (Lipinski definition) is 14. The zero-order valence-electron chi connectivity index (χ0n) is 43.7. The van der Waals surface area contributed by atoms with Gasteiger partial charge in [0.15, 0.2) is 21.4 Å². The zero-order chi connectivity index (χ0) is 59.2. The van der Waals surface area contributed by atoms with E-state index < -0.39 is 64.6 Å². The van der Waals surface area contributed by atoms with Gasteiger partial charge < -0.3 is 33.8 Å². The SMILES string of the molecule is CCOC(=O)/C(Cl)=C/c1cc(N2C(=O)C3=C(CCCC3)C2=O)ccc1Cl.CCc1cccc(C)c1N(C(=O)CCl)C(C)COC.CS(=O)(=O)c1cc(C(F)(F)F)ccc1C(=O)c1cnoc1C1CC1.O=C(O)CNCP(=O)(O)O. The van der Waals surface area contributed by atoms with Gasteiger partial charge in [-0.3, -0.25) is 33.9 Å². The lowest BCUT2D eigenvalue weighted by Gasteiger charge is -2.31. The van der Waals surface area contributed by atoms with Gasteiger partial charge in [-0.05, 0) is 125 Å². The minimum Gasteiger partial charge on any atom is -0.480 e. The number of carboxylic acid groups (broad SMARTS) is 1. The monoisotopic (exact) mass is 1200 g/mol. The number of amides is 3. The van der Waals surface area contributed by atoms with Crippen molar-refractivity contribution in [2.45, 2.75) is 95.7 Å². The minimum atomic E-state index is -4.71. The van der Waals surface area contributed by atoms with E-state index in [1.807, 2.05) is 26.0 Å². The number of imide groups is 1. The third-order valence-corrected chi connectivity index (χ3v) is 14.5. The molecule has 19 nitrogen and oxygen atoms in total. The molecule has 2 heterocycles. The maximum absolute atomic E-state index is 12.8. The lowest BCUT2D eigenvalue weighted by molar-refractivity contribution is -0.138. The van der Waals surface area contributed by atoms with Gasteiger partial charge in [0.25, 0.3) is 11.8 Å². The molecular weight excluding hydrogens is 1150 g/mol. The summed E-state index contributed by atoms with van der Waals surface area (Å²) >= 11 is 17.9. The topological polar surface area (TPSA) is 277 Å². The first kappa shape index (κ1) is 65.8. The number of carbonyl (C=O) groups is 6. The second-order valence-corrected chi connectivity index (χ2v) is 22.7. The number of ketones is 1. The van der Waals surface area contributed by atoms with Crippen LogP contribution in [0.2, 0.25) is 5.02 Å². The Balaban J connectivity index is 0.000000237. The van der Waals surface area contributed by atoms with E-state index in [0.717, 1.165) is 61.2 Å². The molecule has 0 radical (unpaired) electrons. The van der Waals surface area contributed by atoms with Gasteiger partial charge in [0.1, 0.15) is 10.9 Å². The van der Waals surface area contributed by atoms with E-state index in [-0.39, 0.29) is 58.3 Å². The van der Waals surface area contributed by atoms with Gasteiger partial charge in [-0.2, -0.15) is 13.2 Å². The van der Waals surface area contributed by atoms with E-state index in [4.69, 9.17) is 63.7 Å². The Labute approximate surface area is 469 Å². The molecule has 2 aliphatic carbocycles. The highest BCUT2D eigenvalue weighted by molar-refractivity contribution is 7.90. The van der Waals surface area contributed by atoms with Crippen molar-refractivity contribution in [3.05, 3.63) is 121 Å².